The zero-order valence-corrected chi connectivity index (χ0v) is 46.7. The van der Waals surface area contributed by atoms with Crippen molar-refractivity contribution in [3.8, 4) is 0 Å². The average Bonchev–Trinajstić information content (AvgIpc) is 3.42. The van der Waals surface area contributed by atoms with Gasteiger partial charge in [0.15, 0.2) is 0 Å². The molecule has 0 heterocycles. The standard InChI is InChI=1S/C54H93N7O18/c1-61(40-62)49(67)37-58-48(66)39-79-35-32-76-30-28-55-47(65)38-78-34-33-77-31-29-56-53(73)43(25-27-51(70)71)59-46(64)26-24-44(54(74)75)60-52(72)42-22-20-41(21-23-42)36-57-45(63)18-16-14-12-10-8-6-4-2-3-5-7-9-11-13-15-17-19-50(68)69/h40-44H,2-39H2,1H3,(H,55,65)(H,56,73)(H,57,63)(H,58,66)(H,59,64)(H,60,72)(H,68,69)(H,70,71)(H,74,75)/t41?,42?,43-,44-/m0/s1. The van der Waals surface area contributed by atoms with Crippen molar-refractivity contribution in [3.05, 3.63) is 0 Å². The molecule has 1 aliphatic carbocycles. The normalized spacial score (nSPS) is 14.7. The van der Waals surface area contributed by atoms with Gasteiger partial charge in [-0.2, -0.15) is 0 Å². The van der Waals surface area contributed by atoms with Gasteiger partial charge < -0.3 is 66.2 Å². The lowest BCUT2D eigenvalue weighted by atomic mass is 9.81. The molecule has 452 valence electrons. The number of carbonyl (C=O) groups is 11. The van der Waals surface area contributed by atoms with Gasteiger partial charge in [0.2, 0.25) is 47.8 Å². The first kappa shape index (κ1) is 71.2. The number of imide groups is 1. The molecule has 0 bridgehead atoms. The van der Waals surface area contributed by atoms with E-state index in [0.29, 0.717) is 45.1 Å². The van der Waals surface area contributed by atoms with Gasteiger partial charge in [0.1, 0.15) is 25.3 Å². The van der Waals surface area contributed by atoms with Crippen LogP contribution in [-0.2, 0) is 71.7 Å². The molecular weight excluding hydrogens is 1030 g/mol. The Morgan fingerprint density at radius 3 is 1.47 bits per heavy atom. The molecular formula is C54H93N7O18. The summed E-state index contributed by atoms with van der Waals surface area (Å²) >= 11 is 0. The van der Waals surface area contributed by atoms with Gasteiger partial charge in [-0.25, -0.2) is 4.79 Å². The summed E-state index contributed by atoms with van der Waals surface area (Å²) in [5.41, 5.74) is 0. The van der Waals surface area contributed by atoms with Crippen molar-refractivity contribution in [1.82, 2.24) is 36.8 Å². The van der Waals surface area contributed by atoms with Crippen LogP contribution >= 0.6 is 0 Å². The first-order chi connectivity index (χ1) is 38.0. The maximum atomic E-state index is 13.1. The van der Waals surface area contributed by atoms with Gasteiger partial charge in [-0.1, -0.05) is 89.9 Å². The molecule has 0 radical (unpaired) electrons. The monoisotopic (exact) mass is 1130 g/mol. The molecule has 25 heteroatoms. The average molecular weight is 1130 g/mol. The van der Waals surface area contributed by atoms with Crippen LogP contribution in [0.25, 0.3) is 0 Å². The third kappa shape index (κ3) is 41.0. The number of hydrogen-bond donors (Lipinski definition) is 9. The summed E-state index contributed by atoms with van der Waals surface area (Å²) in [4.78, 5) is 132. The second-order valence-electron chi connectivity index (χ2n) is 19.9. The Labute approximate surface area is 465 Å². The molecule has 1 fully saturated rings. The molecule has 0 unspecified atom stereocenters. The Balaban J connectivity index is 2.19. The van der Waals surface area contributed by atoms with Crippen molar-refractivity contribution in [2.45, 2.75) is 179 Å². The molecule has 25 nitrogen and oxygen atoms in total. The topological polar surface area (TPSA) is 361 Å². The number of nitrogens with one attached hydrogen (secondary N) is 6. The highest BCUT2D eigenvalue weighted by molar-refractivity contribution is 5.91. The summed E-state index contributed by atoms with van der Waals surface area (Å²) < 4.78 is 21.1. The highest BCUT2D eigenvalue weighted by Crippen LogP contribution is 2.29. The zero-order chi connectivity index (χ0) is 58.3. The van der Waals surface area contributed by atoms with Crippen molar-refractivity contribution >= 4 is 65.7 Å². The van der Waals surface area contributed by atoms with Gasteiger partial charge in [-0.3, -0.25) is 52.8 Å². The minimum atomic E-state index is -1.37. The third-order valence-corrected chi connectivity index (χ3v) is 13.2. The number of amides is 8. The van der Waals surface area contributed by atoms with Gasteiger partial charge in [-0.15, -0.1) is 0 Å². The SMILES string of the molecule is CN(C=O)C(=O)CNC(=O)COCCOCCNC(=O)COCCOCCNC(=O)[C@H](CCC(=O)O)NC(=O)CC[C@H](NC(=O)C1CCC(CNC(=O)CCCCCCCCCCCCCCCCCCC(=O)O)CC1)C(=O)O. The summed E-state index contributed by atoms with van der Waals surface area (Å²) in [5, 5.41) is 43.3. The number of carbonyl (C=O) groups excluding carboxylic acids is 8. The number of carboxylic acids is 3. The predicted octanol–water partition coefficient (Wildman–Crippen LogP) is 2.74. The summed E-state index contributed by atoms with van der Waals surface area (Å²) in [6.07, 6.45) is 20.6. The third-order valence-electron chi connectivity index (χ3n) is 13.2. The Bertz CT molecular complexity index is 1800. The molecule has 0 aromatic carbocycles. The molecule has 1 rings (SSSR count). The van der Waals surface area contributed by atoms with Gasteiger partial charge in [0.25, 0.3) is 0 Å². The first-order valence-corrected chi connectivity index (χ1v) is 28.4. The molecule has 0 aromatic rings. The van der Waals surface area contributed by atoms with Crippen LogP contribution in [-0.4, -0.2) is 184 Å². The fourth-order valence-electron chi connectivity index (χ4n) is 8.50. The second kappa shape index (κ2) is 47.1. The molecule has 0 aliphatic heterocycles. The number of nitrogens with zero attached hydrogens (tertiary/aromatic N) is 1. The molecule has 79 heavy (non-hydrogen) atoms. The van der Waals surface area contributed by atoms with Crippen molar-refractivity contribution in [3.63, 3.8) is 0 Å². The van der Waals surface area contributed by atoms with E-state index >= 15 is 0 Å². The minimum absolute atomic E-state index is 0.00509. The highest BCUT2D eigenvalue weighted by atomic mass is 16.5. The van der Waals surface area contributed by atoms with Gasteiger partial charge in [-0.05, 0) is 57.3 Å². The lowest BCUT2D eigenvalue weighted by Gasteiger charge is -2.28. The molecule has 0 spiro atoms. The Morgan fingerprint density at radius 2 is 0.962 bits per heavy atom. The fourth-order valence-corrected chi connectivity index (χ4v) is 8.50. The first-order valence-electron chi connectivity index (χ1n) is 28.4. The smallest absolute Gasteiger partial charge is 0.326 e. The highest BCUT2D eigenvalue weighted by Gasteiger charge is 2.30. The molecule has 9 N–H and O–H groups in total. The maximum Gasteiger partial charge on any atom is 0.326 e. The zero-order valence-electron chi connectivity index (χ0n) is 46.7. The largest absolute Gasteiger partial charge is 0.481 e. The van der Waals surface area contributed by atoms with Gasteiger partial charge in [0.05, 0.1) is 46.2 Å². The van der Waals surface area contributed by atoms with Crippen molar-refractivity contribution in [2.24, 2.45) is 11.8 Å². The number of carboxylic acid groups (broad SMARTS) is 3. The summed E-state index contributed by atoms with van der Waals surface area (Å²) in [6, 6.07) is -2.61. The van der Waals surface area contributed by atoms with Crippen LogP contribution in [0.5, 0.6) is 0 Å². The van der Waals surface area contributed by atoms with Crippen molar-refractivity contribution in [1.29, 1.82) is 0 Å². The van der Waals surface area contributed by atoms with E-state index in [-0.39, 0.29) is 110 Å². The number of likely N-dealkylation sites (N-methyl/N-ethyl adjacent to an activating group) is 1. The Kier molecular flexibility index (Phi) is 42.4. The maximum absolute atomic E-state index is 13.1. The van der Waals surface area contributed by atoms with Crippen LogP contribution in [0.4, 0.5) is 0 Å². The number of unbranched alkanes of at least 4 members (excludes halogenated alkanes) is 15. The van der Waals surface area contributed by atoms with Crippen molar-refractivity contribution in [2.75, 3.05) is 86.1 Å². The van der Waals surface area contributed by atoms with E-state index in [1.54, 1.807) is 0 Å². The quantitative estimate of drug-likeness (QED) is 0.0312. The van der Waals surface area contributed by atoms with Crippen LogP contribution in [0.15, 0.2) is 0 Å². The van der Waals surface area contributed by atoms with E-state index in [1.165, 1.54) is 71.3 Å². The number of aliphatic carboxylic acids is 3. The number of ether oxygens (including phenoxy) is 4. The van der Waals surface area contributed by atoms with Crippen molar-refractivity contribution < 1.29 is 87.0 Å². The summed E-state index contributed by atoms with van der Waals surface area (Å²) in [5.74, 6) is -6.75. The Hall–Kier alpha value is -5.79. The Morgan fingerprint density at radius 1 is 0.494 bits per heavy atom. The lowest BCUT2D eigenvalue weighted by Crippen LogP contribution is -2.48. The predicted molar refractivity (Wildman–Crippen MR) is 288 cm³/mol. The van der Waals surface area contributed by atoms with E-state index in [1.807, 2.05) is 0 Å². The molecule has 0 aromatic heterocycles. The van der Waals surface area contributed by atoms with Gasteiger partial charge in [0, 0.05) is 58.3 Å². The van der Waals surface area contributed by atoms with E-state index < -0.39 is 77.8 Å². The molecule has 1 saturated carbocycles. The molecule has 8 amide bonds. The van der Waals surface area contributed by atoms with Crippen LogP contribution in [0.2, 0.25) is 0 Å². The van der Waals surface area contributed by atoms with Crippen LogP contribution in [0.3, 0.4) is 0 Å². The van der Waals surface area contributed by atoms with Gasteiger partial charge >= 0.3 is 17.9 Å². The van der Waals surface area contributed by atoms with Crippen LogP contribution in [0.1, 0.15) is 167 Å². The lowest BCUT2D eigenvalue weighted by molar-refractivity contribution is -0.143. The molecule has 0 saturated heterocycles. The van der Waals surface area contributed by atoms with E-state index in [2.05, 4.69) is 31.9 Å². The van der Waals surface area contributed by atoms with E-state index in [0.717, 1.165) is 43.4 Å². The number of hydrogen-bond acceptors (Lipinski definition) is 15. The number of rotatable bonds is 51. The van der Waals surface area contributed by atoms with Crippen LogP contribution in [0, 0.1) is 11.8 Å². The van der Waals surface area contributed by atoms with E-state index in [4.69, 9.17) is 24.1 Å². The summed E-state index contributed by atoms with van der Waals surface area (Å²) in [7, 11) is 1.27. The summed E-state index contributed by atoms with van der Waals surface area (Å²) in [6.45, 7) is 0.337. The second-order valence-corrected chi connectivity index (χ2v) is 19.9. The van der Waals surface area contributed by atoms with Crippen LogP contribution < -0.4 is 31.9 Å². The molecule has 1 aliphatic rings. The van der Waals surface area contributed by atoms with E-state index in [9.17, 15) is 63.0 Å². The fraction of sp³-hybridized carbons (Fsp3) is 0.796. The molecule has 2 atom stereocenters. The minimum Gasteiger partial charge on any atom is -0.481 e.